The Morgan fingerprint density at radius 2 is 1.84 bits per heavy atom. The molecule has 4 rings (SSSR count). The largest absolute Gasteiger partial charge is 0.497 e. The number of hydrogen-bond donors (Lipinski definition) is 1. The van der Waals surface area contributed by atoms with Gasteiger partial charge in [-0.15, -0.1) is 0 Å². The molecule has 4 aromatic rings. The highest BCUT2D eigenvalue weighted by atomic mass is 19.1. The Hall–Kier alpha value is -4.20. The van der Waals surface area contributed by atoms with E-state index in [1.807, 2.05) is 6.07 Å². The molecule has 0 fully saturated rings. The average Bonchev–Trinajstić information content (AvgIpc) is 3.26. The molecule has 0 aliphatic rings. The van der Waals surface area contributed by atoms with Gasteiger partial charge in [0.25, 0.3) is 5.91 Å². The second-order valence-electron chi connectivity index (χ2n) is 6.57. The van der Waals surface area contributed by atoms with Gasteiger partial charge in [-0.1, -0.05) is 0 Å². The van der Waals surface area contributed by atoms with Gasteiger partial charge in [-0.3, -0.25) is 9.78 Å². The summed E-state index contributed by atoms with van der Waals surface area (Å²) in [7, 11) is 3.06. The SMILES string of the molecule is COc1ccc(NC(=O)c2cc(-c3cccnc3)n(-c3ccc(F)cc3)n2)c(OC)c1. The fourth-order valence-corrected chi connectivity index (χ4v) is 3.08. The lowest BCUT2D eigenvalue weighted by Crippen LogP contribution is -2.14. The number of methoxy groups -OCH3 is 2. The number of benzene rings is 2. The van der Waals surface area contributed by atoms with Gasteiger partial charge in [0.05, 0.1) is 31.3 Å². The average molecular weight is 418 g/mol. The molecule has 0 aliphatic carbocycles. The summed E-state index contributed by atoms with van der Waals surface area (Å²) in [6, 6.07) is 16.3. The number of aromatic nitrogens is 3. The van der Waals surface area contributed by atoms with Gasteiger partial charge < -0.3 is 14.8 Å². The topological polar surface area (TPSA) is 78.3 Å². The van der Waals surface area contributed by atoms with Crippen molar-refractivity contribution >= 4 is 11.6 Å². The van der Waals surface area contributed by atoms with Crippen LogP contribution < -0.4 is 14.8 Å². The first-order chi connectivity index (χ1) is 15.1. The van der Waals surface area contributed by atoms with Gasteiger partial charge in [0.15, 0.2) is 5.69 Å². The first-order valence-electron chi connectivity index (χ1n) is 9.39. The molecule has 31 heavy (non-hydrogen) atoms. The number of pyridine rings is 1. The second kappa shape index (κ2) is 8.66. The predicted octanol–water partition coefficient (Wildman–Crippen LogP) is 4.34. The normalized spacial score (nSPS) is 10.5. The molecule has 0 aliphatic heterocycles. The van der Waals surface area contributed by atoms with Crippen LogP contribution in [0.2, 0.25) is 0 Å². The standard InChI is InChI=1S/C23H19FN4O3/c1-30-18-9-10-19(22(12-18)31-2)26-23(29)20-13-21(15-4-3-11-25-14-15)28(27-20)17-7-5-16(24)6-8-17/h3-14H,1-2H3,(H,26,29). The van der Waals surface area contributed by atoms with Crippen LogP contribution >= 0.6 is 0 Å². The Morgan fingerprint density at radius 3 is 2.52 bits per heavy atom. The van der Waals surface area contributed by atoms with Gasteiger partial charge in [-0.05, 0) is 54.6 Å². The number of halogens is 1. The van der Waals surface area contributed by atoms with E-state index in [0.717, 1.165) is 5.56 Å². The fraction of sp³-hybridized carbons (Fsp3) is 0.0870. The summed E-state index contributed by atoms with van der Waals surface area (Å²) in [5.41, 5.74) is 2.68. The van der Waals surface area contributed by atoms with E-state index >= 15 is 0 Å². The van der Waals surface area contributed by atoms with Gasteiger partial charge in [0, 0.05) is 24.0 Å². The number of nitrogens with zero attached hydrogens (tertiary/aromatic N) is 3. The van der Waals surface area contributed by atoms with Crippen LogP contribution in [-0.2, 0) is 0 Å². The maximum Gasteiger partial charge on any atom is 0.276 e. The van der Waals surface area contributed by atoms with E-state index in [1.54, 1.807) is 66.6 Å². The van der Waals surface area contributed by atoms with E-state index in [9.17, 15) is 9.18 Å². The van der Waals surface area contributed by atoms with Crippen molar-refractivity contribution in [1.29, 1.82) is 0 Å². The van der Waals surface area contributed by atoms with Crippen molar-refractivity contribution in [1.82, 2.24) is 14.8 Å². The number of carbonyl (C=O) groups excluding carboxylic acids is 1. The van der Waals surface area contributed by atoms with E-state index in [0.29, 0.717) is 28.6 Å². The zero-order valence-electron chi connectivity index (χ0n) is 16.9. The molecule has 156 valence electrons. The van der Waals surface area contributed by atoms with Crippen molar-refractivity contribution in [2.45, 2.75) is 0 Å². The minimum atomic E-state index is -0.422. The Morgan fingerprint density at radius 1 is 1.03 bits per heavy atom. The molecule has 0 spiro atoms. The summed E-state index contributed by atoms with van der Waals surface area (Å²) in [5.74, 6) is 0.283. The summed E-state index contributed by atoms with van der Waals surface area (Å²) >= 11 is 0. The number of anilines is 1. The van der Waals surface area contributed by atoms with E-state index in [2.05, 4.69) is 15.4 Å². The lowest BCUT2D eigenvalue weighted by Gasteiger charge is -2.10. The van der Waals surface area contributed by atoms with Crippen molar-refractivity contribution in [3.8, 4) is 28.4 Å². The number of rotatable bonds is 6. The summed E-state index contributed by atoms with van der Waals surface area (Å²) < 4.78 is 25.5. The maximum atomic E-state index is 13.4. The molecule has 2 aromatic carbocycles. The third kappa shape index (κ3) is 4.23. The lowest BCUT2D eigenvalue weighted by atomic mass is 10.2. The minimum Gasteiger partial charge on any atom is -0.497 e. The number of nitrogens with one attached hydrogen (secondary N) is 1. The van der Waals surface area contributed by atoms with Crippen LogP contribution in [-0.4, -0.2) is 34.9 Å². The zero-order chi connectivity index (χ0) is 21.8. The van der Waals surface area contributed by atoms with Gasteiger partial charge in [-0.25, -0.2) is 9.07 Å². The highest BCUT2D eigenvalue weighted by molar-refractivity contribution is 6.04. The summed E-state index contributed by atoms with van der Waals surface area (Å²) in [4.78, 5) is 17.1. The number of ether oxygens (including phenoxy) is 2. The minimum absolute atomic E-state index is 0.182. The molecule has 0 unspecified atom stereocenters. The fourth-order valence-electron chi connectivity index (χ4n) is 3.08. The van der Waals surface area contributed by atoms with Gasteiger partial charge >= 0.3 is 0 Å². The second-order valence-corrected chi connectivity index (χ2v) is 6.57. The smallest absolute Gasteiger partial charge is 0.276 e. The lowest BCUT2D eigenvalue weighted by molar-refractivity contribution is 0.102. The highest BCUT2D eigenvalue weighted by Gasteiger charge is 2.18. The molecule has 7 nitrogen and oxygen atoms in total. The van der Waals surface area contributed by atoms with Crippen LogP contribution in [0.25, 0.3) is 16.9 Å². The van der Waals surface area contributed by atoms with Crippen LogP contribution in [0.15, 0.2) is 73.1 Å². The third-order valence-electron chi connectivity index (χ3n) is 4.63. The van der Waals surface area contributed by atoms with E-state index in [4.69, 9.17) is 9.47 Å². The van der Waals surface area contributed by atoms with E-state index in [1.165, 1.54) is 19.2 Å². The Balaban J connectivity index is 1.72. The molecule has 0 bridgehead atoms. The molecule has 0 saturated heterocycles. The molecular formula is C23H19FN4O3. The number of hydrogen-bond acceptors (Lipinski definition) is 5. The molecule has 2 aromatic heterocycles. The molecule has 0 atom stereocenters. The third-order valence-corrected chi connectivity index (χ3v) is 4.63. The van der Waals surface area contributed by atoms with Crippen LogP contribution in [0.5, 0.6) is 11.5 Å². The quantitative estimate of drug-likeness (QED) is 0.504. The molecule has 2 heterocycles. The van der Waals surface area contributed by atoms with Crippen LogP contribution in [0.1, 0.15) is 10.5 Å². The van der Waals surface area contributed by atoms with Crippen LogP contribution in [0.3, 0.4) is 0 Å². The highest BCUT2D eigenvalue weighted by Crippen LogP contribution is 2.30. The molecule has 1 N–H and O–H groups in total. The summed E-state index contributed by atoms with van der Waals surface area (Å²) in [5, 5.41) is 7.27. The predicted molar refractivity (Wildman–Crippen MR) is 114 cm³/mol. The van der Waals surface area contributed by atoms with E-state index < -0.39 is 5.91 Å². The first kappa shape index (κ1) is 20.1. The van der Waals surface area contributed by atoms with Crippen molar-refractivity contribution in [2.75, 3.05) is 19.5 Å². The van der Waals surface area contributed by atoms with Crippen molar-refractivity contribution < 1.29 is 18.7 Å². The number of amides is 1. The van der Waals surface area contributed by atoms with Crippen LogP contribution in [0, 0.1) is 5.82 Å². The molecule has 1 amide bonds. The molecular weight excluding hydrogens is 399 g/mol. The first-order valence-corrected chi connectivity index (χ1v) is 9.39. The van der Waals surface area contributed by atoms with Crippen molar-refractivity contribution in [3.05, 3.63) is 84.6 Å². The molecule has 8 heteroatoms. The van der Waals surface area contributed by atoms with Crippen molar-refractivity contribution in [2.24, 2.45) is 0 Å². The van der Waals surface area contributed by atoms with E-state index in [-0.39, 0.29) is 11.5 Å². The van der Waals surface area contributed by atoms with Gasteiger partial charge in [0.2, 0.25) is 0 Å². The zero-order valence-corrected chi connectivity index (χ0v) is 16.9. The number of carbonyl (C=O) groups is 1. The van der Waals surface area contributed by atoms with Crippen molar-refractivity contribution in [3.63, 3.8) is 0 Å². The Labute approximate surface area is 178 Å². The van der Waals surface area contributed by atoms with Gasteiger partial charge in [0.1, 0.15) is 17.3 Å². The Kier molecular flexibility index (Phi) is 5.61. The van der Waals surface area contributed by atoms with Gasteiger partial charge in [-0.2, -0.15) is 5.10 Å². The van der Waals surface area contributed by atoms with Crippen LogP contribution in [0.4, 0.5) is 10.1 Å². The Bertz CT molecular complexity index is 1210. The summed E-state index contributed by atoms with van der Waals surface area (Å²) in [6.07, 6.45) is 3.33. The molecule has 0 radical (unpaired) electrons. The molecule has 0 saturated carbocycles. The summed E-state index contributed by atoms with van der Waals surface area (Å²) in [6.45, 7) is 0. The monoisotopic (exact) mass is 418 g/mol. The maximum absolute atomic E-state index is 13.4.